The van der Waals surface area contributed by atoms with Gasteiger partial charge in [-0.15, -0.1) is 0 Å². The van der Waals surface area contributed by atoms with E-state index < -0.39 is 0 Å². The van der Waals surface area contributed by atoms with Crippen LogP contribution in [0.1, 0.15) is 39.7 Å². The van der Waals surface area contributed by atoms with E-state index >= 15 is 0 Å². The number of para-hydroxylation sites is 1. The summed E-state index contributed by atoms with van der Waals surface area (Å²) < 4.78 is 11.1. The molecule has 1 unspecified atom stereocenters. The van der Waals surface area contributed by atoms with Gasteiger partial charge in [0, 0.05) is 37.8 Å². The molecule has 0 spiro atoms. The van der Waals surface area contributed by atoms with Crippen LogP contribution >= 0.6 is 0 Å². The van der Waals surface area contributed by atoms with E-state index in [-0.39, 0.29) is 11.6 Å². The van der Waals surface area contributed by atoms with Crippen molar-refractivity contribution in [3.05, 3.63) is 29.8 Å². The number of nitrogens with one attached hydrogen (secondary N) is 1. The lowest BCUT2D eigenvalue weighted by atomic mass is 10.1. The Morgan fingerprint density at radius 3 is 2.53 bits per heavy atom. The average Bonchev–Trinajstić information content (AvgIpc) is 2.34. The summed E-state index contributed by atoms with van der Waals surface area (Å²) >= 11 is 0. The van der Waals surface area contributed by atoms with E-state index in [1.54, 1.807) is 7.11 Å². The molecule has 1 aromatic rings. The summed E-state index contributed by atoms with van der Waals surface area (Å²) in [5.41, 5.74) is 1.30. The Hall–Kier alpha value is -1.06. The molecule has 0 amide bonds. The van der Waals surface area contributed by atoms with Crippen molar-refractivity contribution in [2.45, 2.75) is 52.3 Å². The second-order valence-corrected chi connectivity index (χ2v) is 5.92. The predicted octanol–water partition coefficient (Wildman–Crippen LogP) is 3.38. The normalized spacial score (nSPS) is 13.3. The van der Waals surface area contributed by atoms with Gasteiger partial charge in [-0.05, 0) is 33.8 Å². The van der Waals surface area contributed by atoms with Crippen LogP contribution in [0, 0.1) is 0 Å². The van der Waals surface area contributed by atoms with Gasteiger partial charge in [-0.1, -0.05) is 18.2 Å². The van der Waals surface area contributed by atoms with Crippen LogP contribution in [0.3, 0.4) is 0 Å². The minimum absolute atomic E-state index is 0.106. The second kappa shape index (κ2) is 7.51. The number of methoxy groups -OCH3 is 1. The number of hydrogen-bond acceptors (Lipinski definition) is 3. The van der Waals surface area contributed by atoms with E-state index in [0.717, 1.165) is 25.3 Å². The van der Waals surface area contributed by atoms with Crippen molar-refractivity contribution in [3.8, 4) is 5.75 Å². The summed E-state index contributed by atoms with van der Waals surface area (Å²) in [4.78, 5) is 0. The van der Waals surface area contributed by atoms with Crippen LogP contribution < -0.4 is 10.1 Å². The van der Waals surface area contributed by atoms with Gasteiger partial charge < -0.3 is 14.8 Å². The van der Waals surface area contributed by atoms with Crippen LogP contribution in [0.15, 0.2) is 24.3 Å². The summed E-state index contributed by atoms with van der Waals surface area (Å²) in [6.07, 6.45) is 1.06. The van der Waals surface area contributed by atoms with Crippen molar-refractivity contribution < 1.29 is 9.47 Å². The van der Waals surface area contributed by atoms with Crippen molar-refractivity contribution in [2.24, 2.45) is 0 Å². The molecule has 1 atom stereocenters. The molecule has 3 nitrogen and oxygen atoms in total. The fourth-order valence-electron chi connectivity index (χ4n) is 1.68. The summed E-state index contributed by atoms with van der Waals surface area (Å²) in [6, 6.07) is 8.20. The maximum atomic E-state index is 5.99. The Bertz CT molecular complexity index is 371. The van der Waals surface area contributed by atoms with E-state index in [1.807, 2.05) is 18.2 Å². The molecule has 1 rings (SSSR count). The monoisotopic (exact) mass is 265 g/mol. The smallest absolute Gasteiger partial charge is 0.124 e. The predicted molar refractivity (Wildman–Crippen MR) is 79.6 cm³/mol. The molecule has 0 heterocycles. The Morgan fingerprint density at radius 2 is 1.89 bits per heavy atom. The number of benzene rings is 1. The van der Waals surface area contributed by atoms with E-state index in [0.29, 0.717) is 0 Å². The minimum atomic E-state index is 0.106. The number of rotatable bonds is 7. The fraction of sp³-hybridized carbons (Fsp3) is 0.625. The summed E-state index contributed by atoms with van der Waals surface area (Å²) in [5, 5.41) is 3.49. The van der Waals surface area contributed by atoms with Crippen LogP contribution in [0.25, 0.3) is 0 Å². The molecule has 0 aliphatic heterocycles. The van der Waals surface area contributed by atoms with Crippen molar-refractivity contribution in [1.82, 2.24) is 5.32 Å². The highest BCUT2D eigenvalue weighted by Crippen LogP contribution is 2.20. The third-order valence-corrected chi connectivity index (χ3v) is 2.84. The van der Waals surface area contributed by atoms with Crippen molar-refractivity contribution in [2.75, 3.05) is 13.7 Å². The summed E-state index contributed by atoms with van der Waals surface area (Å²) in [5.74, 6) is 0.961. The van der Waals surface area contributed by atoms with Gasteiger partial charge in [0.15, 0.2) is 0 Å². The Balaban J connectivity index is 2.62. The van der Waals surface area contributed by atoms with Crippen LogP contribution in [-0.2, 0) is 11.3 Å². The standard InChI is InChI=1S/C16H27NO2/c1-13(10-11-18-5)19-15-9-7-6-8-14(15)12-17-16(2,3)4/h6-9,13,17H,10-12H2,1-5H3. The van der Waals surface area contributed by atoms with Gasteiger partial charge in [0.1, 0.15) is 5.75 Å². The first-order chi connectivity index (χ1) is 8.92. The van der Waals surface area contributed by atoms with E-state index in [9.17, 15) is 0 Å². The lowest BCUT2D eigenvalue weighted by Crippen LogP contribution is -2.35. The van der Waals surface area contributed by atoms with E-state index in [2.05, 4.69) is 39.1 Å². The fourth-order valence-corrected chi connectivity index (χ4v) is 1.68. The highest BCUT2D eigenvalue weighted by Gasteiger charge is 2.12. The van der Waals surface area contributed by atoms with E-state index in [4.69, 9.17) is 9.47 Å². The first-order valence-corrected chi connectivity index (χ1v) is 6.91. The molecule has 19 heavy (non-hydrogen) atoms. The third kappa shape index (κ3) is 6.60. The lowest BCUT2D eigenvalue weighted by Gasteiger charge is -2.22. The van der Waals surface area contributed by atoms with Crippen LogP contribution in [0.2, 0.25) is 0 Å². The summed E-state index contributed by atoms with van der Waals surface area (Å²) in [6.45, 7) is 10.1. The van der Waals surface area contributed by atoms with Crippen molar-refractivity contribution >= 4 is 0 Å². The van der Waals surface area contributed by atoms with Crippen LogP contribution in [-0.4, -0.2) is 25.4 Å². The van der Waals surface area contributed by atoms with Gasteiger partial charge in [0.25, 0.3) is 0 Å². The maximum absolute atomic E-state index is 5.99. The zero-order valence-corrected chi connectivity index (χ0v) is 12.8. The van der Waals surface area contributed by atoms with E-state index in [1.165, 1.54) is 5.56 Å². The summed E-state index contributed by atoms with van der Waals surface area (Å²) in [7, 11) is 1.72. The molecule has 0 aromatic heterocycles. The molecule has 1 N–H and O–H groups in total. The molecule has 0 bridgehead atoms. The Labute approximate surface area is 117 Å². The highest BCUT2D eigenvalue weighted by molar-refractivity contribution is 5.33. The number of hydrogen-bond donors (Lipinski definition) is 1. The molecule has 0 aliphatic carbocycles. The highest BCUT2D eigenvalue weighted by atomic mass is 16.5. The quantitative estimate of drug-likeness (QED) is 0.820. The molecular formula is C16H27NO2. The molecule has 0 aliphatic rings. The Morgan fingerprint density at radius 1 is 1.21 bits per heavy atom. The van der Waals surface area contributed by atoms with Crippen molar-refractivity contribution in [3.63, 3.8) is 0 Å². The maximum Gasteiger partial charge on any atom is 0.124 e. The zero-order valence-electron chi connectivity index (χ0n) is 12.8. The number of ether oxygens (including phenoxy) is 2. The first-order valence-electron chi connectivity index (χ1n) is 6.91. The molecule has 1 aromatic carbocycles. The van der Waals surface area contributed by atoms with Crippen LogP contribution in [0.4, 0.5) is 0 Å². The SMILES string of the molecule is COCCC(C)Oc1ccccc1CNC(C)(C)C. The third-order valence-electron chi connectivity index (χ3n) is 2.84. The second-order valence-electron chi connectivity index (χ2n) is 5.92. The zero-order chi connectivity index (χ0) is 14.3. The Kier molecular flexibility index (Phi) is 6.32. The van der Waals surface area contributed by atoms with Gasteiger partial charge in [-0.25, -0.2) is 0 Å². The lowest BCUT2D eigenvalue weighted by molar-refractivity contribution is 0.134. The largest absolute Gasteiger partial charge is 0.490 e. The molecule has 0 fully saturated rings. The van der Waals surface area contributed by atoms with Gasteiger partial charge in [-0.3, -0.25) is 0 Å². The minimum Gasteiger partial charge on any atom is -0.490 e. The molecule has 0 saturated heterocycles. The molecule has 3 heteroatoms. The van der Waals surface area contributed by atoms with Crippen LogP contribution in [0.5, 0.6) is 5.75 Å². The molecule has 0 saturated carbocycles. The molecule has 108 valence electrons. The topological polar surface area (TPSA) is 30.5 Å². The molecule has 0 radical (unpaired) electrons. The first kappa shape index (κ1) is 16.0. The van der Waals surface area contributed by atoms with Gasteiger partial charge >= 0.3 is 0 Å². The van der Waals surface area contributed by atoms with Gasteiger partial charge in [-0.2, -0.15) is 0 Å². The van der Waals surface area contributed by atoms with Gasteiger partial charge in [0.05, 0.1) is 6.10 Å². The van der Waals surface area contributed by atoms with Gasteiger partial charge in [0.2, 0.25) is 0 Å². The molecular weight excluding hydrogens is 238 g/mol. The van der Waals surface area contributed by atoms with Crippen molar-refractivity contribution in [1.29, 1.82) is 0 Å². The average molecular weight is 265 g/mol.